The third-order valence-corrected chi connectivity index (χ3v) is 18.8. The van der Waals surface area contributed by atoms with Crippen molar-refractivity contribution in [1.29, 1.82) is 0 Å². The maximum absolute atomic E-state index is 14.3. The predicted molar refractivity (Wildman–Crippen MR) is 293 cm³/mol. The molecule has 0 bridgehead atoms. The number of carbonyl (C=O) groups is 6. The standard InChI is InChI=1S/C59H85N5O11S/c1-13-57(4,5)51(66)54(69)63-28-15-14-20-42(63)56(72)75-44(23-21-37-22-24-45(73-11)46(30-37)74-12)38-18-16-19-39(31-38)58(6,7)26-17-27-59(8,9)60-40-25-29-62(33-40)52(67)43-32-41(34-61(43)10)76-50-35(2)48-47(36(3)65)53(68)64(48)49(50)55(70)71/h16,18-19,22,24,30-31,35-36,40-44,47-48,60,65H,13-15,17,20-21,23,25-29,32-34H2,1-12H3,(H,70,71)/t35-,36-,40+,41+,42+,43+,44-,47-,48-/m1/s1. The first-order valence-electron chi connectivity index (χ1n) is 27.6. The Hall–Kier alpha value is -4.97. The van der Waals surface area contributed by atoms with Gasteiger partial charge in [0.1, 0.15) is 17.8 Å². The number of hydrogen-bond acceptors (Lipinski definition) is 13. The van der Waals surface area contributed by atoms with E-state index in [1.165, 1.54) is 21.6 Å². The summed E-state index contributed by atoms with van der Waals surface area (Å²) in [5.74, 6) is -2.62. The van der Waals surface area contributed by atoms with Gasteiger partial charge in [-0.25, -0.2) is 9.59 Å². The van der Waals surface area contributed by atoms with Crippen LogP contribution in [0, 0.1) is 17.3 Å². The number of Topliss-reactive ketones (excluding diaryl/α,β-unsaturated/α-hetero) is 1. The summed E-state index contributed by atoms with van der Waals surface area (Å²) in [5, 5.41) is 24.3. The van der Waals surface area contributed by atoms with Gasteiger partial charge in [-0.15, -0.1) is 11.8 Å². The molecule has 3 amide bonds. The van der Waals surface area contributed by atoms with Crippen molar-refractivity contribution in [3.63, 3.8) is 0 Å². The molecule has 17 heteroatoms. The van der Waals surface area contributed by atoms with E-state index < -0.39 is 53.2 Å². The van der Waals surface area contributed by atoms with Crippen LogP contribution < -0.4 is 14.8 Å². The van der Waals surface area contributed by atoms with Crippen LogP contribution in [-0.2, 0) is 45.3 Å². The molecular formula is C59H85N5O11S. The largest absolute Gasteiger partial charge is 0.493 e. The highest BCUT2D eigenvalue weighted by Gasteiger charge is 2.60. The number of piperidine rings is 1. The molecule has 0 aromatic heterocycles. The van der Waals surface area contributed by atoms with Crippen LogP contribution in [0.3, 0.4) is 0 Å². The Kier molecular flexibility index (Phi) is 18.5. The quantitative estimate of drug-likeness (QED) is 0.0557. The molecule has 0 radical (unpaired) electrons. The number of rotatable bonds is 23. The predicted octanol–water partition coefficient (Wildman–Crippen LogP) is 7.68. The van der Waals surface area contributed by atoms with Crippen LogP contribution in [0.25, 0.3) is 0 Å². The number of ether oxygens (including phenoxy) is 3. The van der Waals surface area contributed by atoms with E-state index in [-0.39, 0.29) is 57.8 Å². The molecule has 5 heterocycles. The van der Waals surface area contributed by atoms with E-state index in [0.29, 0.717) is 81.1 Å². The van der Waals surface area contributed by atoms with Crippen molar-refractivity contribution in [2.45, 2.75) is 186 Å². The van der Waals surface area contributed by atoms with Crippen molar-refractivity contribution >= 4 is 47.2 Å². The highest BCUT2D eigenvalue weighted by atomic mass is 32.2. The van der Waals surface area contributed by atoms with Gasteiger partial charge in [-0.2, -0.15) is 0 Å². The first-order chi connectivity index (χ1) is 35.8. The molecule has 7 rings (SSSR count). The Morgan fingerprint density at radius 2 is 1.63 bits per heavy atom. The van der Waals surface area contributed by atoms with E-state index in [2.05, 4.69) is 50.0 Å². The Balaban J connectivity index is 0.959. The summed E-state index contributed by atoms with van der Waals surface area (Å²) < 4.78 is 17.5. The first-order valence-corrected chi connectivity index (χ1v) is 28.5. The maximum atomic E-state index is 14.3. The molecule has 0 saturated carbocycles. The highest BCUT2D eigenvalue weighted by Crippen LogP contribution is 2.52. The fourth-order valence-electron chi connectivity index (χ4n) is 12.2. The summed E-state index contributed by atoms with van der Waals surface area (Å²) in [6.45, 7) is 20.1. The monoisotopic (exact) mass is 1070 g/mol. The molecule has 4 saturated heterocycles. The van der Waals surface area contributed by atoms with E-state index in [4.69, 9.17) is 14.2 Å². The highest BCUT2D eigenvalue weighted by molar-refractivity contribution is 8.03. The minimum Gasteiger partial charge on any atom is -0.493 e. The van der Waals surface area contributed by atoms with Crippen molar-refractivity contribution in [3.8, 4) is 11.5 Å². The molecule has 4 fully saturated rings. The van der Waals surface area contributed by atoms with Gasteiger partial charge in [-0.05, 0) is 126 Å². The Labute approximate surface area is 455 Å². The lowest BCUT2D eigenvalue weighted by Crippen LogP contribution is -2.63. The fraction of sp³-hybridized carbons (Fsp3) is 0.661. The van der Waals surface area contributed by atoms with Crippen LogP contribution >= 0.6 is 11.8 Å². The number of amides is 3. The van der Waals surface area contributed by atoms with Crippen molar-refractivity contribution < 1.29 is 53.2 Å². The molecule has 3 N–H and O–H groups in total. The van der Waals surface area contributed by atoms with Crippen LogP contribution in [0.1, 0.15) is 149 Å². The lowest BCUT2D eigenvalue weighted by atomic mass is 9.78. The number of aliphatic carboxylic acids is 1. The smallest absolute Gasteiger partial charge is 0.353 e. The van der Waals surface area contributed by atoms with Gasteiger partial charge in [0.2, 0.25) is 17.6 Å². The van der Waals surface area contributed by atoms with Gasteiger partial charge in [0, 0.05) is 59.2 Å². The van der Waals surface area contributed by atoms with Gasteiger partial charge < -0.3 is 44.4 Å². The van der Waals surface area contributed by atoms with Crippen LogP contribution in [0.2, 0.25) is 0 Å². The number of nitrogens with zero attached hydrogens (tertiary/aromatic N) is 4. The molecule has 2 aromatic rings. The first kappa shape index (κ1) is 58.7. The van der Waals surface area contributed by atoms with Gasteiger partial charge in [0.25, 0.3) is 5.91 Å². The number of benzene rings is 2. The van der Waals surface area contributed by atoms with Gasteiger partial charge in [-0.1, -0.05) is 78.3 Å². The lowest BCUT2D eigenvalue weighted by Gasteiger charge is -2.46. The molecule has 0 spiro atoms. The van der Waals surface area contributed by atoms with Crippen LogP contribution in [0.4, 0.5) is 0 Å². The van der Waals surface area contributed by atoms with E-state index in [1.807, 2.05) is 56.1 Å². The zero-order chi connectivity index (χ0) is 55.6. The molecule has 5 aliphatic rings. The summed E-state index contributed by atoms with van der Waals surface area (Å²) in [6.07, 6.45) is 6.07. The number of aryl methyl sites for hydroxylation is 1. The van der Waals surface area contributed by atoms with E-state index >= 15 is 0 Å². The average molecular weight is 1070 g/mol. The zero-order valence-corrected chi connectivity index (χ0v) is 47.9. The zero-order valence-electron chi connectivity index (χ0n) is 47.1. The molecule has 5 aliphatic heterocycles. The Morgan fingerprint density at radius 3 is 2.30 bits per heavy atom. The number of β-lactam (4-membered cyclic amide) rings is 1. The minimum atomic E-state index is -1.14. The number of hydrogen-bond donors (Lipinski definition) is 3. The minimum absolute atomic E-state index is 0.0182. The molecule has 2 aromatic carbocycles. The molecular weight excluding hydrogens is 987 g/mol. The molecule has 9 atom stereocenters. The number of fused-ring (bicyclic) bond motifs is 1. The maximum Gasteiger partial charge on any atom is 0.353 e. The normalized spacial score (nSPS) is 25.0. The van der Waals surface area contributed by atoms with Crippen LogP contribution in [-0.4, -0.2) is 154 Å². The van der Waals surface area contributed by atoms with Gasteiger partial charge in [-0.3, -0.25) is 24.1 Å². The average Bonchev–Trinajstić information content (AvgIpc) is 4.07. The second kappa shape index (κ2) is 24.0. The summed E-state index contributed by atoms with van der Waals surface area (Å²) in [4.78, 5) is 88.4. The topological polar surface area (TPSA) is 196 Å². The second-order valence-corrected chi connectivity index (χ2v) is 25.4. The number of thioether (sulfide) groups is 1. The van der Waals surface area contributed by atoms with E-state index in [0.717, 1.165) is 48.8 Å². The van der Waals surface area contributed by atoms with Crippen LogP contribution in [0.15, 0.2) is 53.1 Å². The number of methoxy groups -OCH3 is 2. The number of esters is 1. The van der Waals surface area contributed by atoms with E-state index in [1.54, 1.807) is 35.0 Å². The van der Waals surface area contributed by atoms with Crippen molar-refractivity contribution in [2.24, 2.45) is 17.3 Å². The summed E-state index contributed by atoms with van der Waals surface area (Å²) in [6, 6.07) is 12.7. The number of likely N-dealkylation sites (N-methyl/N-ethyl adjacent to an activating group) is 1. The van der Waals surface area contributed by atoms with Crippen molar-refractivity contribution in [3.05, 3.63) is 69.8 Å². The van der Waals surface area contributed by atoms with Gasteiger partial charge in [0.05, 0.1) is 38.3 Å². The molecule has 0 aliphatic carbocycles. The Bertz CT molecular complexity index is 2530. The molecule has 76 heavy (non-hydrogen) atoms. The number of carboxylic acid groups (broad SMARTS) is 1. The van der Waals surface area contributed by atoms with Gasteiger partial charge in [0.15, 0.2) is 11.5 Å². The number of nitrogens with one attached hydrogen (secondary N) is 1. The number of ketones is 1. The van der Waals surface area contributed by atoms with Gasteiger partial charge >= 0.3 is 11.9 Å². The number of aliphatic hydroxyl groups is 1. The fourth-order valence-corrected chi connectivity index (χ4v) is 13.8. The SMILES string of the molecule is CCC(C)(C)C(=O)C(=O)N1CCCC[C@H]1C(=O)O[C@H](CCc1ccc(OC)c(OC)c1)c1cccc(C(C)(C)CCCC(C)(C)N[C@H]2CCN(C(=O)[C@@H]3C[C@H](SC4=C(C(=O)O)N5C(=O)[C@H]([C@@H](C)O)[C@H]5[C@H]4C)CN3C)C2)c1. The number of carboxylic acids is 1. The number of aliphatic hydroxyl groups excluding tert-OH is 1. The third kappa shape index (κ3) is 12.6. The molecule has 16 nitrogen and oxygen atoms in total. The summed E-state index contributed by atoms with van der Waals surface area (Å²) in [5.41, 5.74) is 1.70. The summed E-state index contributed by atoms with van der Waals surface area (Å²) >= 11 is 1.47. The van der Waals surface area contributed by atoms with Crippen LogP contribution in [0.5, 0.6) is 11.5 Å². The summed E-state index contributed by atoms with van der Waals surface area (Å²) in [7, 11) is 5.15. The molecule has 418 valence electrons. The number of carbonyl (C=O) groups excluding carboxylic acids is 5. The third-order valence-electron chi connectivity index (χ3n) is 17.3. The van der Waals surface area contributed by atoms with Crippen molar-refractivity contribution in [1.82, 2.24) is 24.9 Å². The lowest BCUT2D eigenvalue weighted by molar-refractivity contribution is -0.164. The van der Waals surface area contributed by atoms with E-state index in [9.17, 15) is 39.0 Å². The molecule has 0 unspecified atom stereocenters. The Morgan fingerprint density at radius 1 is 0.908 bits per heavy atom. The number of likely N-dealkylation sites (tertiary alicyclic amines) is 3. The second-order valence-electron chi connectivity index (χ2n) is 24.1. The van der Waals surface area contributed by atoms with Crippen molar-refractivity contribution in [2.75, 3.05) is 47.4 Å².